The van der Waals surface area contributed by atoms with E-state index in [1.807, 2.05) is 64.1 Å². The molecule has 1 fully saturated rings. The van der Waals surface area contributed by atoms with Crippen LogP contribution < -0.4 is 9.47 Å². The zero-order valence-corrected chi connectivity index (χ0v) is 23.3. The number of amides is 1. The highest BCUT2D eigenvalue weighted by atomic mass is 19.1. The van der Waals surface area contributed by atoms with Gasteiger partial charge in [0, 0.05) is 44.5 Å². The molecule has 0 bridgehead atoms. The van der Waals surface area contributed by atoms with E-state index in [2.05, 4.69) is 16.5 Å². The smallest absolute Gasteiger partial charge is 0.237 e. The molecule has 0 atom stereocenters. The predicted molar refractivity (Wildman–Crippen MR) is 156 cm³/mol. The average molecular weight is 566 g/mol. The molecule has 2 heterocycles. The molecule has 5 rings (SSSR count). The Hall–Kier alpha value is -4.94. The molecular formula is C33H32FN5O3. The number of piperazine rings is 1. The maximum atomic E-state index is 14.1. The lowest BCUT2D eigenvalue weighted by atomic mass is 10.1. The van der Waals surface area contributed by atoms with Gasteiger partial charge >= 0.3 is 0 Å². The first kappa shape index (κ1) is 28.6. The number of ether oxygens (including phenoxy) is 2. The van der Waals surface area contributed by atoms with E-state index in [-0.39, 0.29) is 18.0 Å². The average Bonchev–Trinajstić information content (AvgIpc) is 3.43. The van der Waals surface area contributed by atoms with Crippen molar-refractivity contribution in [1.29, 1.82) is 5.26 Å². The van der Waals surface area contributed by atoms with Gasteiger partial charge in [-0.15, -0.1) is 0 Å². The van der Waals surface area contributed by atoms with Crippen molar-refractivity contribution in [2.45, 2.75) is 26.2 Å². The second-order valence-corrected chi connectivity index (χ2v) is 10.1. The summed E-state index contributed by atoms with van der Waals surface area (Å²) >= 11 is 0. The number of aromatic nitrogens is 2. The summed E-state index contributed by atoms with van der Waals surface area (Å²) in [6.07, 6.45) is 5.15. The summed E-state index contributed by atoms with van der Waals surface area (Å²) in [6, 6.07) is 22.1. The van der Waals surface area contributed by atoms with Crippen molar-refractivity contribution in [3.05, 3.63) is 126 Å². The summed E-state index contributed by atoms with van der Waals surface area (Å²) in [5.41, 5.74) is 3.61. The third-order valence-corrected chi connectivity index (χ3v) is 7.09. The molecule has 0 N–H and O–H groups in total. The summed E-state index contributed by atoms with van der Waals surface area (Å²) in [5.74, 6) is 0.888. The number of halogens is 1. The molecule has 1 amide bonds. The van der Waals surface area contributed by atoms with Crippen LogP contribution in [-0.4, -0.2) is 51.5 Å². The van der Waals surface area contributed by atoms with Gasteiger partial charge in [0.1, 0.15) is 36.6 Å². The van der Waals surface area contributed by atoms with Crippen LogP contribution in [0.5, 0.6) is 11.5 Å². The number of imidazole rings is 1. The van der Waals surface area contributed by atoms with Crippen molar-refractivity contribution in [2.75, 3.05) is 26.2 Å². The summed E-state index contributed by atoms with van der Waals surface area (Å²) in [4.78, 5) is 21.5. The molecule has 42 heavy (non-hydrogen) atoms. The van der Waals surface area contributed by atoms with Gasteiger partial charge in [0.05, 0.1) is 24.1 Å². The Balaban J connectivity index is 1.22. The first-order valence-electron chi connectivity index (χ1n) is 13.7. The lowest BCUT2D eigenvalue weighted by molar-refractivity contribution is -0.136. The van der Waals surface area contributed by atoms with E-state index in [1.54, 1.807) is 24.7 Å². The Labute approximate surface area is 244 Å². The minimum absolute atomic E-state index is 0.0203. The first-order valence-corrected chi connectivity index (χ1v) is 13.7. The summed E-state index contributed by atoms with van der Waals surface area (Å²) in [6.45, 7) is 7.40. The molecule has 1 aliphatic heterocycles. The fraction of sp³-hybridized carbons (Fsp3) is 0.242. The molecule has 3 aromatic carbocycles. The second-order valence-electron chi connectivity index (χ2n) is 10.1. The van der Waals surface area contributed by atoms with E-state index in [0.29, 0.717) is 57.4 Å². The number of nitrogens with zero attached hydrogens (tertiary/aromatic N) is 5. The van der Waals surface area contributed by atoms with E-state index in [1.165, 1.54) is 12.1 Å². The zero-order chi connectivity index (χ0) is 29.3. The molecule has 0 saturated carbocycles. The quantitative estimate of drug-likeness (QED) is 0.227. The van der Waals surface area contributed by atoms with Crippen LogP contribution in [0.15, 0.2) is 91.9 Å². The van der Waals surface area contributed by atoms with Crippen LogP contribution in [0.25, 0.3) is 0 Å². The largest absolute Gasteiger partial charge is 0.490 e. The van der Waals surface area contributed by atoms with Crippen LogP contribution >= 0.6 is 0 Å². The first-order chi connectivity index (χ1) is 20.5. The molecule has 1 aromatic heterocycles. The molecule has 8 nitrogen and oxygen atoms in total. The predicted octanol–water partition coefficient (Wildman–Crippen LogP) is 4.93. The van der Waals surface area contributed by atoms with E-state index < -0.39 is 5.82 Å². The number of benzene rings is 3. The fourth-order valence-electron chi connectivity index (χ4n) is 4.86. The van der Waals surface area contributed by atoms with E-state index >= 15 is 0 Å². The van der Waals surface area contributed by atoms with Crippen LogP contribution in [0.2, 0.25) is 0 Å². The Morgan fingerprint density at radius 1 is 1.00 bits per heavy atom. The van der Waals surface area contributed by atoms with Gasteiger partial charge in [0.2, 0.25) is 5.91 Å². The van der Waals surface area contributed by atoms with E-state index in [0.717, 1.165) is 22.4 Å². The Kier molecular flexibility index (Phi) is 9.27. The molecule has 0 spiro atoms. The van der Waals surface area contributed by atoms with Crippen molar-refractivity contribution in [3.63, 3.8) is 0 Å². The monoisotopic (exact) mass is 565 g/mol. The Morgan fingerprint density at radius 2 is 1.86 bits per heavy atom. The SMILES string of the molecule is C=CCOc1ccc(OCc2ccccc2)c(CN2CCN(Cc3cncn3Cc3ccc(C#N)c(F)c3)CC2=O)c1. The molecular weight excluding hydrogens is 533 g/mol. The van der Waals surface area contributed by atoms with E-state index in [9.17, 15) is 9.18 Å². The van der Waals surface area contributed by atoms with Gasteiger partial charge in [0.15, 0.2) is 0 Å². The summed E-state index contributed by atoms with van der Waals surface area (Å²) < 4.78 is 27.9. The number of hydrogen-bond acceptors (Lipinski definition) is 6. The highest BCUT2D eigenvalue weighted by molar-refractivity contribution is 5.79. The minimum Gasteiger partial charge on any atom is -0.490 e. The molecule has 0 radical (unpaired) electrons. The summed E-state index contributed by atoms with van der Waals surface area (Å²) in [5, 5.41) is 8.98. The van der Waals surface area contributed by atoms with Gasteiger partial charge in [-0.3, -0.25) is 9.69 Å². The summed E-state index contributed by atoms with van der Waals surface area (Å²) in [7, 11) is 0. The van der Waals surface area contributed by atoms with Crippen molar-refractivity contribution in [1.82, 2.24) is 19.4 Å². The van der Waals surface area contributed by atoms with Crippen LogP contribution in [-0.2, 0) is 31.0 Å². The maximum absolute atomic E-state index is 14.1. The van der Waals surface area contributed by atoms with Gasteiger partial charge < -0.3 is 18.9 Å². The van der Waals surface area contributed by atoms with Gasteiger partial charge in [-0.25, -0.2) is 9.37 Å². The van der Waals surface area contributed by atoms with Crippen LogP contribution in [0, 0.1) is 17.1 Å². The molecule has 1 saturated heterocycles. The molecule has 214 valence electrons. The Bertz CT molecular complexity index is 1580. The molecule has 0 unspecified atom stereocenters. The third kappa shape index (κ3) is 7.22. The number of carbonyl (C=O) groups is 1. The highest BCUT2D eigenvalue weighted by Crippen LogP contribution is 2.27. The van der Waals surface area contributed by atoms with Crippen molar-refractivity contribution >= 4 is 5.91 Å². The standard InChI is InChI=1S/C33H32FN5O3/c1-2-14-41-30-10-11-32(42-23-25-6-4-3-5-7-25)28(16-30)20-38-13-12-37(22-33(38)40)21-29-18-36-24-39(29)19-26-8-9-27(17-35)31(34)15-26/h2-11,15-16,18,24H,1,12-14,19-23H2. The van der Waals surface area contributed by atoms with Gasteiger partial charge in [-0.1, -0.05) is 49.1 Å². The van der Waals surface area contributed by atoms with Crippen molar-refractivity contribution in [3.8, 4) is 17.6 Å². The van der Waals surface area contributed by atoms with Crippen molar-refractivity contribution in [2.24, 2.45) is 0 Å². The maximum Gasteiger partial charge on any atom is 0.237 e. The fourth-order valence-corrected chi connectivity index (χ4v) is 4.86. The van der Waals surface area contributed by atoms with Crippen LogP contribution in [0.1, 0.15) is 27.9 Å². The molecule has 4 aromatic rings. The topological polar surface area (TPSA) is 83.6 Å². The van der Waals surface area contributed by atoms with Gasteiger partial charge in [-0.05, 0) is 41.5 Å². The van der Waals surface area contributed by atoms with E-state index in [4.69, 9.17) is 14.7 Å². The van der Waals surface area contributed by atoms with Crippen LogP contribution in [0.3, 0.4) is 0 Å². The Morgan fingerprint density at radius 3 is 2.62 bits per heavy atom. The zero-order valence-electron chi connectivity index (χ0n) is 23.3. The lowest BCUT2D eigenvalue weighted by Gasteiger charge is -2.34. The number of carbonyl (C=O) groups excluding carboxylic acids is 1. The minimum atomic E-state index is -0.537. The number of rotatable bonds is 12. The normalized spacial score (nSPS) is 13.5. The van der Waals surface area contributed by atoms with Gasteiger partial charge in [0.25, 0.3) is 0 Å². The second kappa shape index (κ2) is 13.6. The van der Waals surface area contributed by atoms with Gasteiger partial charge in [-0.2, -0.15) is 5.26 Å². The van der Waals surface area contributed by atoms with Crippen LogP contribution in [0.4, 0.5) is 4.39 Å². The third-order valence-electron chi connectivity index (χ3n) is 7.09. The molecule has 9 heteroatoms. The molecule has 0 aliphatic carbocycles. The van der Waals surface area contributed by atoms with Crippen molar-refractivity contribution < 1.29 is 18.7 Å². The lowest BCUT2D eigenvalue weighted by Crippen LogP contribution is -2.49. The number of hydrogen-bond donors (Lipinski definition) is 0. The number of nitriles is 1. The highest BCUT2D eigenvalue weighted by Gasteiger charge is 2.26. The molecule has 1 aliphatic rings.